The molecule has 0 aliphatic carbocycles. The number of hydrogen-bond donors (Lipinski definition) is 2. The van der Waals surface area contributed by atoms with Gasteiger partial charge in [-0.2, -0.15) is 0 Å². The van der Waals surface area contributed by atoms with Crippen molar-refractivity contribution >= 4 is 12.4 Å². The molecule has 0 saturated carbocycles. The van der Waals surface area contributed by atoms with Crippen molar-refractivity contribution in [2.45, 2.75) is 33.1 Å². The minimum absolute atomic E-state index is 0. The van der Waals surface area contributed by atoms with Gasteiger partial charge in [-0.15, -0.1) is 12.4 Å². The molecule has 1 unspecified atom stereocenters. The molecule has 0 heterocycles. The van der Waals surface area contributed by atoms with Crippen molar-refractivity contribution in [2.24, 2.45) is 0 Å². The molecule has 30 heavy (non-hydrogen) atoms. The van der Waals surface area contributed by atoms with Gasteiger partial charge >= 0.3 is 0 Å². The monoisotopic (exact) mass is 427 g/mol. The van der Waals surface area contributed by atoms with E-state index in [4.69, 9.17) is 9.47 Å². The average molecular weight is 428 g/mol. The van der Waals surface area contributed by atoms with Crippen molar-refractivity contribution in [3.05, 3.63) is 95.1 Å². The molecule has 4 nitrogen and oxygen atoms in total. The van der Waals surface area contributed by atoms with Gasteiger partial charge in [0.2, 0.25) is 0 Å². The maximum atomic E-state index is 10.4. The highest BCUT2D eigenvalue weighted by Gasteiger charge is 2.13. The number of para-hydroxylation sites is 1. The molecular weight excluding hydrogens is 398 g/mol. The number of aliphatic hydroxyl groups excluding tert-OH is 1. The van der Waals surface area contributed by atoms with Gasteiger partial charge in [0.05, 0.1) is 12.7 Å². The van der Waals surface area contributed by atoms with Crippen molar-refractivity contribution in [1.82, 2.24) is 5.32 Å². The molecule has 160 valence electrons. The van der Waals surface area contributed by atoms with E-state index in [1.165, 1.54) is 5.56 Å². The predicted octanol–water partition coefficient (Wildman–Crippen LogP) is 5.22. The van der Waals surface area contributed by atoms with Crippen LogP contribution in [0.15, 0.2) is 72.8 Å². The Morgan fingerprint density at radius 1 is 0.900 bits per heavy atom. The Kier molecular flexibility index (Phi) is 9.68. The summed E-state index contributed by atoms with van der Waals surface area (Å²) in [6.45, 7) is 6.12. The normalized spacial score (nSPS) is 11.4. The van der Waals surface area contributed by atoms with Gasteiger partial charge in [-0.05, 0) is 31.0 Å². The lowest BCUT2D eigenvalue weighted by molar-refractivity contribution is 0.174. The van der Waals surface area contributed by atoms with Gasteiger partial charge in [0.25, 0.3) is 0 Å². The lowest BCUT2D eigenvalue weighted by Gasteiger charge is -2.17. The molecule has 0 aliphatic heterocycles. The summed E-state index contributed by atoms with van der Waals surface area (Å²) in [5.74, 6) is 1.49. The van der Waals surface area contributed by atoms with E-state index in [9.17, 15) is 5.11 Å². The number of aliphatic hydroxyl groups is 1. The molecule has 1 atom stereocenters. The van der Waals surface area contributed by atoms with Crippen LogP contribution < -0.4 is 14.8 Å². The topological polar surface area (TPSA) is 50.7 Å². The molecule has 0 bridgehead atoms. The summed E-state index contributed by atoms with van der Waals surface area (Å²) in [4.78, 5) is 0. The molecular formula is C25H30ClNO3. The second-order valence-corrected chi connectivity index (χ2v) is 7.01. The highest BCUT2D eigenvalue weighted by atomic mass is 35.5. The Labute approximate surface area is 185 Å². The number of aryl methyl sites for hydroxylation is 1. The third-order valence-electron chi connectivity index (χ3n) is 4.70. The van der Waals surface area contributed by atoms with E-state index < -0.39 is 6.10 Å². The molecule has 3 rings (SSSR count). The highest BCUT2D eigenvalue weighted by Crippen LogP contribution is 2.32. The maximum Gasteiger partial charge on any atom is 0.166 e. The molecule has 0 aromatic heterocycles. The van der Waals surface area contributed by atoms with Gasteiger partial charge in [0.15, 0.2) is 11.5 Å². The number of benzene rings is 3. The molecule has 0 spiro atoms. The first-order valence-corrected chi connectivity index (χ1v) is 10.0. The van der Waals surface area contributed by atoms with Crippen LogP contribution >= 0.6 is 12.4 Å². The first-order chi connectivity index (χ1) is 14.2. The Morgan fingerprint density at radius 2 is 1.63 bits per heavy atom. The SMILES string of the molecule is CCOc1cccc(CNCC(O)c2ccccc2)c1OCc1ccc(C)cc1.Cl. The van der Waals surface area contributed by atoms with Crippen molar-refractivity contribution in [2.75, 3.05) is 13.2 Å². The summed E-state index contributed by atoms with van der Waals surface area (Å²) < 4.78 is 11.9. The van der Waals surface area contributed by atoms with Crippen LogP contribution in [-0.4, -0.2) is 18.3 Å². The number of ether oxygens (including phenoxy) is 2. The molecule has 0 aliphatic rings. The van der Waals surface area contributed by atoms with Gasteiger partial charge in [0.1, 0.15) is 6.61 Å². The Hall–Kier alpha value is -2.53. The van der Waals surface area contributed by atoms with Gasteiger partial charge in [-0.25, -0.2) is 0 Å². The highest BCUT2D eigenvalue weighted by molar-refractivity contribution is 5.85. The van der Waals surface area contributed by atoms with E-state index in [2.05, 4.69) is 36.5 Å². The van der Waals surface area contributed by atoms with Crippen LogP contribution in [0.1, 0.15) is 35.3 Å². The summed E-state index contributed by atoms with van der Waals surface area (Å²) in [5.41, 5.74) is 4.24. The van der Waals surface area contributed by atoms with E-state index in [1.54, 1.807) is 0 Å². The summed E-state index contributed by atoms with van der Waals surface area (Å²) in [5, 5.41) is 13.7. The van der Waals surface area contributed by atoms with E-state index in [0.717, 1.165) is 28.2 Å². The van der Waals surface area contributed by atoms with Gasteiger partial charge in [-0.1, -0.05) is 72.3 Å². The first kappa shape index (κ1) is 23.7. The van der Waals surface area contributed by atoms with Crippen LogP contribution in [0, 0.1) is 6.92 Å². The van der Waals surface area contributed by atoms with Crippen molar-refractivity contribution in [3.8, 4) is 11.5 Å². The lowest BCUT2D eigenvalue weighted by Crippen LogP contribution is -2.21. The molecule has 2 N–H and O–H groups in total. The quantitative estimate of drug-likeness (QED) is 0.466. The molecule has 0 saturated heterocycles. The standard InChI is InChI=1S/C25H29NO3.ClH/c1-3-28-24-11-7-10-22(16-26-17-23(27)21-8-5-4-6-9-21)25(24)29-18-20-14-12-19(2)13-15-20;/h4-15,23,26-27H,3,16-18H2,1-2H3;1H. The van der Waals surface area contributed by atoms with Crippen molar-refractivity contribution in [3.63, 3.8) is 0 Å². The fourth-order valence-electron chi connectivity index (χ4n) is 3.11. The van der Waals surface area contributed by atoms with Crippen LogP contribution in [0.3, 0.4) is 0 Å². The first-order valence-electron chi connectivity index (χ1n) is 10.0. The van der Waals surface area contributed by atoms with Crippen LogP contribution in [0.5, 0.6) is 11.5 Å². The smallest absolute Gasteiger partial charge is 0.166 e. The molecule has 0 fully saturated rings. The van der Waals surface area contributed by atoms with Gasteiger partial charge < -0.3 is 19.9 Å². The number of halogens is 1. The predicted molar refractivity (Wildman–Crippen MR) is 123 cm³/mol. The summed E-state index contributed by atoms with van der Waals surface area (Å²) in [6, 6.07) is 23.9. The molecule has 3 aromatic rings. The number of nitrogens with one attached hydrogen (secondary N) is 1. The summed E-state index contributed by atoms with van der Waals surface area (Å²) in [7, 11) is 0. The molecule has 3 aromatic carbocycles. The molecule has 0 amide bonds. The van der Waals surface area contributed by atoms with Gasteiger partial charge in [0, 0.05) is 18.7 Å². The Balaban J connectivity index is 0.00000320. The Bertz CT molecular complexity index is 885. The van der Waals surface area contributed by atoms with Crippen LogP contribution in [-0.2, 0) is 13.2 Å². The third kappa shape index (κ3) is 6.77. The minimum atomic E-state index is -0.553. The zero-order valence-electron chi connectivity index (χ0n) is 17.5. The fraction of sp³-hybridized carbons (Fsp3) is 0.280. The maximum absolute atomic E-state index is 10.4. The van der Waals surface area contributed by atoms with Gasteiger partial charge in [-0.3, -0.25) is 0 Å². The second-order valence-electron chi connectivity index (χ2n) is 7.01. The average Bonchev–Trinajstić information content (AvgIpc) is 2.75. The zero-order chi connectivity index (χ0) is 20.5. The third-order valence-corrected chi connectivity index (χ3v) is 4.70. The fourth-order valence-corrected chi connectivity index (χ4v) is 3.11. The number of hydrogen-bond acceptors (Lipinski definition) is 4. The lowest BCUT2D eigenvalue weighted by atomic mass is 10.1. The largest absolute Gasteiger partial charge is 0.490 e. The summed E-state index contributed by atoms with van der Waals surface area (Å²) in [6.07, 6.45) is -0.553. The number of rotatable bonds is 10. The van der Waals surface area contributed by atoms with E-state index in [-0.39, 0.29) is 12.4 Å². The molecule has 0 radical (unpaired) electrons. The molecule has 5 heteroatoms. The van der Waals surface area contributed by atoms with Crippen LogP contribution in [0.4, 0.5) is 0 Å². The van der Waals surface area contributed by atoms with Crippen LogP contribution in [0.25, 0.3) is 0 Å². The summed E-state index contributed by atoms with van der Waals surface area (Å²) >= 11 is 0. The van der Waals surface area contributed by atoms with Crippen molar-refractivity contribution in [1.29, 1.82) is 0 Å². The minimum Gasteiger partial charge on any atom is -0.490 e. The zero-order valence-corrected chi connectivity index (χ0v) is 18.3. The van der Waals surface area contributed by atoms with Crippen LogP contribution in [0.2, 0.25) is 0 Å². The van der Waals surface area contributed by atoms with E-state index in [0.29, 0.717) is 26.3 Å². The second kappa shape index (κ2) is 12.2. The van der Waals surface area contributed by atoms with Crippen molar-refractivity contribution < 1.29 is 14.6 Å². The van der Waals surface area contributed by atoms with E-state index in [1.807, 2.05) is 55.5 Å². The Morgan fingerprint density at radius 3 is 2.33 bits per heavy atom. The van der Waals surface area contributed by atoms with E-state index >= 15 is 0 Å².